The van der Waals surface area contributed by atoms with E-state index >= 15 is 0 Å². The van der Waals surface area contributed by atoms with E-state index in [4.69, 9.17) is 9.47 Å². The third-order valence-electron chi connectivity index (χ3n) is 3.89. The Kier molecular flexibility index (Phi) is 5.81. The van der Waals surface area contributed by atoms with E-state index in [1.165, 1.54) is 6.92 Å². The summed E-state index contributed by atoms with van der Waals surface area (Å²) in [7, 11) is 3.24. The van der Waals surface area contributed by atoms with E-state index in [9.17, 15) is 9.59 Å². The second kappa shape index (κ2) is 7.82. The van der Waals surface area contributed by atoms with Crippen molar-refractivity contribution in [2.75, 3.05) is 27.3 Å². The molecule has 1 aliphatic rings. The molecule has 2 amide bonds. The Morgan fingerprint density at radius 1 is 1.26 bits per heavy atom. The zero-order valence-corrected chi connectivity index (χ0v) is 13.7. The van der Waals surface area contributed by atoms with Gasteiger partial charge < -0.3 is 9.47 Å². The van der Waals surface area contributed by atoms with Crippen LogP contribution in [0.3, 0.4) is 0 Å². The fraction of sp³-hybridized carbons (Fsp3) is 0.500. The van der Waals surface area contributed by atoms with Gasteiger partial charge in [-0.05, 0) is 25.5 Å². The van der Waals surface area contributed by atoms with E-state index in [-0.39, 0.29) is 24.4 Å². The molecule has 0 saturated carbocycles. The molecule has 1 aromatic rings. The molecule has 0 spiro atoms. The van der Waals surface area contributed by atoms with E-state index in [1.807, 2.05) is 18.2 Å². The molecule has 1 aromatic carbocycles. The minimum atomic E-state index is -0.298. The normalized spacial score (nSPS) is 17.6. The van der Waals surface area contributed by atoms with Gasteiger partial charge in [0.1, 0.15) is 11.5 Å². The molecule has 1 saturated heterocycles. The fourth-order valence-corrected chi connectivity index (χ4v) is 2.84. The van der Waals surface area contributed by atoms with Crippen molar-refractivity contribution in [1.29, 1.82) is 0 Å². The average molecular weight is 321 g/mol. The largest absolute Gasteiger partial charge is 0.497 e. The number of benzene rings is 1. The maximum atomic E-state index is 11.9. The van der Waals surface area contributed by atoms with Crippen LogP contribution in [0.2, 0.25) is 0 Å². The molecule has 1 heterocycles. The number of hydrogen-bond acceptors (Lipinski definition) is 5. The lowest BCUT2D eigenvalue weighted by atomic mass is 10.0. The van der Waals surface area contributed by atoms with Crippen molar-refractivity contribution >= 4 is 11.8 Å². The first-order valence-corrected chi connectivity index (χ1v) is 7.56. The number of rotatable bonds is 5. The highest BCUT2D eigenvalue weighted by Crippen LogP contribution is 2.38. The summed E-state index contributed by atoms with van der Waals surface area (Å²) in [4.78, 5) is 24.8. The number of ether oxygens (including phenoxy) is 2. The minimum absolute atomic E-state index is 0.110. The van der Waals surface area contributed by atoms with Gasteiger partial charge in [-0.15, -0.1) is 0 Å². The summed E-state index contributed by atoms with van der Waals surface area (Å²) in [6.07, 6.45) is 1.96. The molecule has 0 aliphatic carbocycles. The van der Waals surface area contributed by atoms with Gasteiger partial charge in [0, 0.05) is 24.6 Å². The van der Waals surface area contributed by atoms with E-state index in [1.54, 1.807) is 14.2 Å². The Hall–Kier alpha value is -2.28. The van der Waals surface area contributed by atoms with Gasteiger partial charge in [0.25, 0.3) is 5.91 Å². The number of carbonyl (C=O) groups is 2. The molecule has 23 heavy (non-hydrogen) atoms. The highest BCUT2D eigenvalue weighted by molar-refractivity contribution is 5.82. The molecule has 7 nitrogen and oxygen atoms in total. The summed E-state index contributed by atoms with van der Waals surface area (Å²) < 4.78 is 10.7. The van der Waals surface area contributed by atoms with E-state index in [2.05, 4.69) is 15.8 Å². The monoisotopic (exact) mass is 321 g/mol. The summed E-state index contributed by atoms with van der Waals surface area (Å²) in [6, 6.07) is 5.83. The molecule has 1 fully saturated rings. The van der Waals surface area contributed by atoms with Crippen LogP contribution in [0.4, 0.5) is 0 Å². The van der Waals surface area contributed by atoms with Crippen molar-refractivity contribution in [2.45, 2.75) is 25.8 Å². The average Bonchev–Trinajstić information content (AvgIpc) is 3.00. The number of methoxy groups -OCH3 is 2. The molecule has 2 rings (SSSR count). The van der Waals surface area contributed by atoms with Gasteiger partial charge in [-0.25, -0.2) is 0 Å². The summed E-state index contributed by atoms with van der Waals surface area (Å²) in [6.45, 7) is 2.40. The summed E-state index contributed by atoms with van der Waals surface area (Å²) in [5.41, 5.74) is 5.74. The van der Waals surface area contributed by atoms with Crippen LogP contribution in [0, 0.1) is 0 Å². The highest BCUT2D eigenvalue weighted by atomic mass is 16.5. The van der Waals surface area contributed by atoms with Gasteiger partial charge in [0.15, 0.2) is 0 Å². The number of hydrazine groups is 1. The number of hydrogen-bond donors (Lipinski definition) is 2. The quantitative estimate of drug-likeness (QED) is 0.791. The molecule has 7 heteroatoms. The van der Waals surface area contributed by atoms with Crippen LogP contribution in [0.5, 0.6) is 11.5 Å². The molecule has 126 valence electrons. The van der Waals surface area contributed by atoms with Crippen LogP contribution < -0.4 is 20.3 Å². The Bertz CT molecular complexity index is 576. The SMILES string of the molecule is COc1ccc([C@H]2CCCN2CC(=O)NNC(C)=O)c(OC)c1. The smallest absolute Gasteiger partial charge is 0.252 e. The van der Waals surface area contributed by atoms with Crippen LogP contribution in [-0.4, -0.2) is 44.0 Å². The molecular weight excluding hydrogens is 298 g/mol. The van der Waals surface area contributed by atoms with Gasteiger partial charge in [-0.3, -0.25) is 25.3 Å². The Morgan fingerprint density at radius 2 is 2.04 bits per heavy atom. The van der Waals surface area contributed by atoms with E-state index in [0.717, 1.165) is 36.4 Å². The first kappa shape index (κ1) is 17.1. The third-order valence-corrected chi connectivity index (χ3v) is 3.89. The van der Waals surface area contributed by atoms with Crippen LogP contribution in [-0.2, 0) is 9.59 Å². The van der Waals surface area contributed by atoms with Crippen molar-refractivity contribution in [1.82, 2.24) is 15.8 Å². The van der Waals surface area contributed by atoms with Crippen LogP contribution in [0.25, 0.3) is 0 Å². The number of carbonyl (C=O) groups excluding carboxylic acids is 2. The molecular formula is C16H23N3O4. The van der Waals surface area contributed by atoms with Crippen LogP contribution in [0.15, 0.2) is 18.2 Å². The lowest BCUT2D eigenvalue weighted by Crippen LogP contribution is -2.45. The summed E-state index contributed by atoms with van der Waals surface area (Å²) in [5.74, 6) is 0.954. The predicted molar refractivity (Wildman–Crippen MR) is 85.1 cm³/mol. The highest BCUT2D eigenvalue weighted by Gasteiger charge is 2.29. The second-order valence-electron chi connectivity index (χ2n) is 5.47. The number of nitrogens with zero attached hydrogens (tertiary/aromatic N) is 1. The molecule has 0 unspecified atom stereocenters. The molecule has 0 radical (unpaired) electrons. The first-order chi connectivity index (χ1) is 11.0. The molecule has 2 N–H and O–H groups in total. The molecule has 1 atom stereocenters. The van der Waals surface area contributed by atoms with Gasteiger partial charge in [-0.1, -0.05) is 6.07 Å². The van der Waals surface area contributed by atoms with Crippen molar-refractivity contribution < 1.29 is 19.1 Å². The number of likely N-dealkylation sites (tertiary alicyclic amines) is 1. The van der Waals surface area contributed by atoms with Gasteiger partial charge in [0.05, 0.1) is 20.8 Å². The van der Waals surface area contributed by atoms with Gasteiger partial charge in [0.2, 0.25) is 5.91 Å². The maximum Gasteiger partial charge on any atom is 0.252 e. The zero-order chi connectivity index (χ0) is 16.8. The van der Waals surface area contributed by atoms with Crippen molar-refractivity contribution in [3.63, 3.8) is 0 Å². The lowest BCUT2D eigenvalue weighted by molar-refractivity contribution is -0.128. The Balaban J connectivity index is 2.09. The molecule has 0 aromatic heterocycles. The Morgan fingerprint density at radius 3 is 2.70 bits per heavy atom. The second-order valence-corrected chi connectivity index (χ2v) is 5.47. The summed E-state index contributed by atoms with van der Waals surface area (Å²) >= 11 is 0. The van der Waals surface area contributed by atoms with Crippen molar-refractivity contribution in [3.8, 4) is 11.5 Å². The fourth-order valence-electron chi connectivity index (χ4n) is 2.84. The standard InChI is InChI=1S/C16H23N3O4/c1-11(20)17-18-16(21)10-19-8-4-5-14(19)13-7-6-12(22-2)9-15(13)23-3/h6-7,9,14H,4-5,8,10H2,1-3H3,(H,17,20)(H,18,21)/t14-/m1/s1. The van der Waals surface area contributed by atoms with Crippen LogP contribution in [0.1, 0.15) is 31.4 Å². The van der Waals surface area contributed by atoms with E-state index in [0.29, 0.717) is 0 Å². The van der Waals surface area contributed by atoms with Crippen LogP contribution >= 0.6 is 0 Å². The predicted octanol–water partition coefficient (Wildman–Crippen LogP) is 1.01. The van der Waals surface area contributed by atoms with Crippen molar-refractivity contribution in [3.05, 3.63) is 23.8 Å². The first-order valence-electron chi connectivity index (χ1n) is 7.56. The zero-order valence-electron chi connectivity index (χ0n) is 13.7. The van der Waals surface area contributed by atoms with E-state index < -0.39 is 0 Å². The summed E-state index contributed by atoms with van der Waals surface area (Å²) in [5, 5.41) is 0. The van der Waals surface area contributed by atoms with Crippen molar-refractivity contribution in [2.24, 2.45) is 0 Å². The van der Waals surface area contributed by atoms with Gasteiger partial charge >= 0.3 is 0 Å². The minimum Gasteiger partial charge on any atom is -0.497 e. The van der Waals surface area contributed by atoms with Gasteiger partial charge in [-0.2, -0.15) is 0 Å². The molecule has 1 aliphatic heterocycles. The topological polar surface area (TPSA) is 79.9 Å². The third kappa shape index (κ3) is 4.35. The lowest BCUT2D eigenvalue weighted by Gasteiger charge is -2.25. The maximum absolute atomic E-state index is 11.9. The Labute approximate surface area is 135 Å². The number of amides is 2. The number of nitrogens with one attached hydrogen (secondary N) is 2. The molecule has 0 bridgehead atoms.